The van der Waals surface area contributed by atoms with E-state index in [1.807, 2.05) is 30.3 Å². The number of hydrazone groups is 1. The van der Waals surface area contributed by atoms with Crippen LogP contribution in [0.1, 0.15) is 32.1 Å². The Morgan fingerprint density at radius 2 is 1.96 bits per heavy atom. The van der Waals surface area contributed by atoms with Gasteiger partial charge in [-0.25, -0.2) is 5.01 Å². The lowest BCUT2D eigenvalue weighted by atomic mass is 10.1. The molecule has 3 rings (SSSR count). The topological polar surface area (TPSA) is 80.1 Å². The maximum absolute atomic E-state index is 6.16. The van der Waals surface area contributed by atoms with Gasteiger partial charge in [-0.3, -0.25) is 0 Å². The molecule has 0 aliphatic carbocycles. The molecular formula is C17H27N5OS. The van der Waals surface area contributed by atoms with Gasteiger partial charge in [-0.2, -0.15) is 0 Å². The summed E-state index contributed by atoms with van der Waals surface area (Å²) in [6, 6.07) is 9.83. The van der Waals surface area contributed by atoms with Crippen LogP contribution in [0.5, 0.6) is 5.75 Å². The molecule has 7 heteroatoms. The standard InChI is InChI=1S/C17H27N5OS/c18-16-20-22(17(19)24-16)15(23-14-8-3-1-4-9-14)10-7-13-21-11-5-2-6-12-21/h1,3-4,8-9,15,17H,2,5-7,10-13,19H2,(H2,18,20). The second kappa shape index (κ2) is 8.60. The molecule has 1 aromatic rings. The van der Waals surface area contributed by atoms with Crippen molar-refractivity contribution in [3.8, 4) is 5.75 Å². The molecule has 4 N–H and O–H groups in total. The molecule has 24 heavy (non-hydrogen) atoms. The number of thioether (sulfide) groups is 1. The molecule has 0 aromatic heterocycles. The summed E-state index contributed by atoms with van der Waals surface area (Å²) in [6.45, 7) is 3.53. The van der Waals surface area contributed by atoms with Crippen LogP contribution in [0.15, 0.2) is 35.4 Å². The highest BCUT2D eigenvalue weighted by atomic mass is 32.2. The number of rotatable bonds is 7. The lowest BCUT2D eigenvalue weighted by Gasteiger charge is -2.31. The maximum Gasteiger partial charge on any atom is 0.189 e. The molecule has 0 bridgehead atoms. The van der Waals surface area contributed by atoms with Crippen LogP contribution in [0, 0.1) is 0 Å². The smallest absolute Gasteiger partial charge is 0.189 e. The van der Waals surface area contributed by atoms with E-state index in [1.54, 1.807) is 5.01 Å². The molecule has 0 amide bonds. The van der Waals surface area contributed by atoms with E-state index in [0.717, 1.165) is 25.1 Å². The summed E-state index contributed by atoms with van der Waals surface area (Å²) < 4.78 is 6.16. The summed E-state index contributed by atoms with van der Waals surface area (Å²) >= 11 is 1.37. The Morgan fingerprint density at radius 3 is 2.62 bits per heavy atom. The van der Waals surface area contributed by atoms with Crippen molar-refractivity contribution in [3.63, 3.8) is 0 Å². The monoisotopic (exact) mass is 349 g/mol. The first-order chi connectivity index (χ1) is 11.7. The zero-order valence-electron chi connectivity index (χ0n) is 14.0. The van der Waals surface area contributed by atoms with Gasteiger partial charge in [0.15, 0.2) is 16.9 Å². The Balaban J connectivity index is 1.58. The van der Waals surface area contributed by atoms with Gasteiger partial charge in [0, 0.05) is 6.42 Å². The molecular weight excluding hydrogens is 322 g/mol. The molecule has 132 valence electrons. The van der Waals surface area contributed by atoms with Gasteiger partial charge in [-0.1, -0.05) is 24.6 Å². The highest BCUT2D eigenvalue weighted by Crippen LogP contribution is 2.26. The van der Waals surface area contributed by atoms with E-state index in [4.69, 9.17) is 16.2 Å². The zero-order chi connectivity index (χ0) is 16.8. The van der Waals surface area contributed by atoms with Crippen LogP contribution in [0.3, 0.4) is 0 Å². The molecule has 2 atom stereocenters. The van der Waals surface area contributed by atoms with Gasteiger partial charge in [-0.15, -0.1) is 5.10 Å². The average molecular weight is 350 g/mol. The molecule has 2 aliphatic rings. The first-order valence-electron chi connectivity index (χ1n) is 8.71. The molecule has 2 aliphatic heterocycles. The van der Waals surface area contributed by atoms with Crippen LogP contribution in [-0.2, 0) is 0 Å². The Labute approximate surface area is 148 Å². The van der Waals surface area contributed by atoms with Crippen LogP contribution in [-0.4, -0.2) is 46.4 Å². The minimum Gasteiger partial charge on any atom is -0.469 e. The number of amidine groups is 1. The van der Waals surface area contributed by atoms with Crippen molar-refractivity contribution in [1.29, 1.82) is 0 Å². The second-order valence-electron chi connectivity index (χ2n) is 6.26. The number of para-hydroxylation sites is 1. The molecule has 2 heterocycles. The van der Waals surface area contributed by atoms with Gasteiger partial charge in [0.1, 0.15) is 5.75 Å². The quantitative estimate of drug-likeness (QED) is 0.785. The Hall–Kier alpha value is -1.44. The molecule has 1 fully saturated rings. The molecule has 1 aromatic carbocycles. The number of ether oxygens (including phenoxy) is 1. The Bertz CT molecular complexity index is 535. The fraction of sp³-hybridized carbons (Fsp3) is 0.588. The summed E-state index contributed by atoms with van der Waals surface area (Å²) in [5.41, 5.74) is 11.7. The molecule has 1 saturated heterocycles. The van der Waals surface area contributed by atoms with E-state index < -0.39 is 0 Å². The number of hydrogen-bond donors (Lipinski definition) is 2. The predicted octanol–water partition coefficient (Wildman–Crippen LogP) is 2.18. The van der Waals surface area contributed by atoms with Crippen molar-refractivity contribution in [2.75, 3.05) is 19.6 Å². The summed E-state index contributed by atoms with van der Waals surface area (Å²) in [5.74, 6) is 0.832. The fourth-order valence-corrected chi connectivity index (χ4v) is 3.85. The first kappa shape index (κ1) is 17.4. The zero-order valence-corrected chi connectivity index (χ0v) is 14.8. The maximum atomic E-state index is 6.16. The Kier molecular flexibility index (Phi) is 6.23. The van der Waals surface area contributed by atoms with Crippen molar-refractivity contribution in [1.82, 2.24) is 9.91 Å². The summed E-state index contributed by atoms with van der Waals surface area (Å²) in [7, 11) is 0. The third-order valence-electron chi connectivity index (χ3n) is 4.40. The van der Waals surface area contributed by atoms with Crippen molar-refractivity contribution in [2.24, 2.45) is 16.6 Å². The molecule has 0 radical (unpaired) electrons. The SMILES string of the molecule is NC1=NN(C(CCCN2CCCCC2)Oc2ccccc2)C(N)S1. The minimum atomic E-state index is -0.284. The van der Waals surface area contributed by atoms with E-state index >= 15 is 0 Å². The normalized spacial score (nSPS) is 23.1. The summed E-state index contributed by atoms with van der Waals surface area (Å²) in [4.78, 5) is 2.54. The van der Waals surface area contributed by atoms with Crippen molar-refractivity contribution in [3.05, 3.63) is 30.3 Å². The van der Waals surface area contributed by atoms with Crippen LogP contribution in [0.25, 0.3) is 0 Å². The van der Waals surface area contributed by atoms with Crippen molar-refractivity contribution < 1.29 is 4.74 Å². The van der Waals surface area contributed by atoms with E-state index in [9.17, 15) is 0 Å². The van der Waals surface area contributed by atoms with Gasteiger partial charge in [0.2, 0.25) is 0 Å². The number of nitrogens with zero attached hydrogens (tertiary/aromatic N) is 3. The average Bonchev–Trinajstić information content (AvgIpc) is 2.94. The van der Waals surface area contributed by atoms with Crippen molar-refractivity contribution >= 4 is 16.9 Å². The number of hydrogen-bond acceptors (Lipinski definition) is 7. The number of likely N-dealkylation sites (tertiary alicyclic amines) is 1. The van der Waals surface area contributed by atoms with E-state index in [1.165, 1.54) is 44.1 Å². The fourth-order valence-electron chi connectivity index (χ4n) is 3.17. The third kappa shape index (κ3) is 4.78. The minimum absolute atomic E-state index is 0.194. The third-order valence-corrected chi connectivity index (χ3v) is 5.18. The van der Waals surface area contributed by atoms with Crippen LogP contribution in [0.4, 0.5) is 0 Å². The molecule has 0 spiro atoms. The number of nitrogens with two attached hydrogens (primary N) is 2. The van der Waals surface area contributed by atoms with Crippen LogP contribution < -0.4 is 16.2 Å². The number of piperidine rings is 1. The van der Waals surface area contributed by atoms with Crippen LogP contribution in [0.2, 0.25) is 0 Å². The second-order valence-corrected chi connectivity index (χ2v) is 7.39. The van der Waals surface area contributed by atoms with E-state index in [-0.39, 0.29) is 11.7 Å². The van der Waals surface area contributed by atoms with E-state index in [2.05, 4.69) is 10.0 Å². The van der Waals surface area contributed by atoms with Crippen molar-refractivity contribution in [2.45, 2.75) is 43.8 Å². The highest BCUT2D eigenvalue weighted by Gasteiger charge is 2.30. The lowest BCUT2D eigenvalue weighted by molar-refractivity contribution is 0.0125. The highest BCUT2D eigenvalue weighted by molar-refractivity contribution is 8.14. The van der Waals surface area contributed by atoms with Gasteiger partial charge in [0.05, 0.1) is 0 Å². The predicted molar refractivity (Wildman–Crippen MR) is 99.4 cm³/mol. The lowest BCUT2D eigenvalue weighted by Crippen LogP contribution is -2.44. The largest absolute Gasteiger partial charge is 0.469 e. The molecule has 6 nitrogen and oxygen atoms in total. The van der Waals surface area contributed by atoms with E-state index in [0.29, 0.717) is 5.17 Å². The van der Waals surface area contributed by atoms with Crippen LogP contribution >= 0.6 is 11.8 Å². The Morgan fingerprint density at radius 1 is 1.21 bits per heavy atom. The summed E-state index contributed by atoms with van der Waals surface area (Å²) in [6.07, 6.45) is 5.73. The van der Waals surface area contributed by atoms with Gasteiger partial charge < -0.3 is 21.1 Å². The summed E-state index contributed by atoms with van der Waals surface area (Å²) in [5, 5.41) is 6.65. The van der Waals surface area contributed by atoms with Gasteiger partial charge in [0.25, 0.3) is 0 Å². The number of benzene rings is 1. The van der Waals surface area contributed by atoms with Gasteiger partial charge >= 0.3 is 0 Å². The molecule has 0 saturated carbocycles. The molecule has 2 unspecified atom stereocenters. The van der Waals surface area contributed by atoms with Gasteiger partial charge in [-0.05, 0) is 62.8 Å². The first-order valence-corrected chi connectivity index (χ1v) is 9.59.